The van der Waals surface area contributed by atoms with Crippen LogP contribution in [-0.2, 0) is 38.5 Å². The molecule has 0 fully saturated rings. The monoisotopic (exact) mass is 346 g/mol. The fourth-order valence-electron chi connectivity index (χ4n) is 5.61. The number of rotatable bonds is 2. The standard InChI is InChI=1S/C23H22O3/c1-13(24)14-5-6-16-9-23(10-17(16)7-14)11-18-8-15-3-2-4-19(15)21(22(25)26)20(18)12-23/h5-8H,2-4,9-12H2,1H3,(H,25,26)/t23-/m1/s1. The summed E-state index contributed by atoms with van der Waals surface area (Å²) in [5.74, 6) is -0.653. The Hall–Kier alpha value is -2.42. The zero-order valence-corrected chi connectivity index (χ0v) is 15.0. The van der Waals surface area contributed by atoms with E-state index >= 15 is 0 Å². The molecule has 0 heterocycles. The van der Waals surface area contributed by atoms with Crippen LogP contribution in [0.5, 0.6) is 0 Å². The van der Waals surface area contributed by atoms with E-state index in [4.69, 9.17) is 0 Å². The number of carboxylic acids is 1. The summed E-state index contributed by atoms with van der Waals surface area (Å²) in [6.45, 7) is 1.61. The molecule has 0 radical (unpaired) electrons. The Morgan fingerprint density at radius 3 is 2.42 bits per heavy atom. The number of ketones is 1. The summed E-state index contributed by atoms with van der Waals surface area (Å²) in [6.07, 6.45) is 6.72. The normalized spacial score (nSPS) is 22.3. The fraction of sp³-hybridized carbons (Fsp3) is 0.391. The Labute approximate surface area is 153 Å². The first-order valence-electron chi connectivity index (χ1n) is 9.48. The van der Waals surface area contributed by atoms with E-state index in [0.717, 1.165) is 61.6 Å². The van der Waals surface area contributed by atoms with Crippen LogP contribution in [0.1, 0.15) is 67.4 Å². The molecule has 0 aromatic heterocycles. The van der Waals surface area contributed by atoms with Gasteiger partial charge in [-0.25, -0.2) is 4.79 Å². The summed E-state index contributed by atoms with van der Waals surface area (Å²) in [5, 5.41) is 9.88. The van der Waals surface area contributed by atoms with Crippen LogP contribution in [0.3, 0.4) is 0 Å². The van der Waals surface area contributed by atoms with Gasteiger partial charge in [-0.1, -0.05) is 18.2 Å². The molecule has 26 heavy (non-hydrogen) atoms. The SMILES string of the molecule is CC(=O)c1ccc2c(c1)C[C@]1(C2)Cc2cc3c(c(C(=O)O)c2C1)CCC3. The van der Waals surface area contributed by atoms with Gasteiger partial charge in [0.1, 0.15) is 0 Å². The summed E-state index contributed by atoms with van der Waals surface area (Å²) >= 11 is 0. The fourth-order valence-corrected chi connectivity index (χ4v) is 5.61. The minimum atomic E-state index is -0.758. The number of hydrogen-bond donors (Lipinski definition) is 1. The van der Waals surface area contributed by atoms with Crippen molar-refractivity contribution in [2.45, 2.75) is 51.9 Å². The average Bonchev–Trinajstić information content (AvgIpc) is 3.26. The Bertz CT molecular complexity index is 985. The molecule has 3 aliphatic rings. The van der Waals surface area contributed by atoms with Gasteiger partial charge in [-0.05, 0) is 96.7 Å². The number of benzene rings is 2. The molecule has 2 aromatic carbocycles. The van der Waals surface area contributed by atoms with Crippen LogP contribution in [0.25, 0.3) is 0 Å². The summed E-state index contributed by atoms with van der Waals surface area (Å²) in [6, 6.07) is 8.37. The van der Waals surface area contributed by atoms with E-state index in [1.165, 1.54) is 22.3 Å². The van der Waals surface area contributed by atoms with Crippen molar-refractivity contribution in [3.63, 3.8) is 0 Å². The molecule has 0 amide bonds. The lowest BCUT2D eigenvalue weighted by molar-refractivity contribution is 0.0694. The van der Waals surface area contributed by atoms with E-state index in [1.54, 1.807) is 6.92 Å². The predicted molar refractivity (Wildman–Crippen MR) is 99.1 cm³/mol. The highest BCUT2D eigenvalue weighted by Crippen LogP contribution is 2.49. The molecule has 132 valence electrons. The second-order valence-corrected chi connectivity index (χ2v) is 8.43. The van der Waals surface area contributed by atoms with Crippen molar-refractivity contribution in [1.29, 1.82) is 0 Å². The Morgan fingerprint density at radius 2 is 1.65 bits per heavy atom. The lowest BCUT2D eigenvalue weighted by atomic mass is 9.81. The van der Waals surface area contributed by atoms with Crippen molar-refractivity contribution in [3.8, 4) is 0 Å². The van der Waals surface area contributed by atoms with Gasteiger partial charge in [-0.3, -0.25) is 4.79 Å². The van der Waals surface area contributed by atoms with Gasteiger partial charge in [0.15, 0.2) is 5.78 Å². The maximum Gasteiger partial charge on any atom is 0.336 e. The summed E-state index contributed by atoms with van der Waals surface area (Å²) in [7, 11) is 0. The third-order valence-electron chi connectivity index (χ3n) is 6.67. The Morgan fingerprint density at radius 1 is 0.885 bits per heavy atom. The highest BCUT2D eigenvalue weighted by atomic mass is 16.4. The van der Waals surface area contributed by atoms with E-state index in [2.05, 4.69) is 12.1 Å². The first kappa shape index (κ1) is 15.8. The first-order valence-corrected chi connectivity index (χ1v) is 9.48. The minimum absolute atomic E-state index is 0.0966. The van der Waals surface area contributed by atoms with Crippen LogP contribution in [0.4, 0.5) is 0 Å². The van der Waals surface area contributed by atoms with Gasteiger partial charge in [0, 0.05) is 5.56 Å². The second-order valence-electron chi connectivity index (χ2n) is 8.43. The van der Waals surface area contributed by atoms with Gasteiger partial charge in [0.25, 0.3) is 0 Å². The molecular weight excluding hydrogens is 324 g/mol. The molecule has 0 unspecified atom stereocenters. The number of hydrogen-bond acceptors (Lipinski definition) is 2. The van der Waals surface area contributed by atoms with E-state index in [0.29, 0.717) is 5.56 Å². The molecule has 5 rings (SSSR count). The number of carboxylic acid groups (broad SMARTS) is 1. The van der Waals surface area contributed by atoms with Crippen LogP contribution in [0.15, 0.2) is 24.3 Å². The number of carbonyl (C=O) groups excluding carboxylic acids is 1. The van der Waals surface area contributed by atoms with Crippen molar-refractivity contribution >= 4 is 11.8 Å². The Balaban J connectivity index is 1.55. The molecule has 2 aromatic rings. The zero-order valence-electron chi connectivity index (χ0n) is 15.0. The topological polar surface area (TPSA) is 54.4 Å². The molecule has 1 atom stereocenters. The lowest BCUT2D eigenvalue weighted by Gasteiger charge is -2.22. The number of fused-ring (bicyclic) bond motifs is 3. The van der Waals surface area contributed by atoms with Crippen molar-refractivity contribution in [2.24, 2.45) is 5.41 Å². The predicted octanol–water partition coefficient (Wildman–Crippen LogP) is 3.96. The van der Waals surface area contributed by atoms with Crippen LogP contribution in [0, 0.1) is 5.41 Å². The van der Waals surface area contributed by atoms with Gasteiger partial charge < -0.3 is 5.11 Å². The molecule has 0 saturated heterocycles. The molecule has 0 aliphatic heterocycles. The van der Waals surface area contributed by atoms with Crippen molar-refractivity contribution in [3.05, 3.63) is 68.8 Å². The molecule has 0 bridgehead atoms. The van der Waals surface area contributed by atoms with Gasteiger partial charge in [-0.2, -0.15) is 0 Å². The molecule has 3 aliphatic carbocycles. The third-order valence-corrected chi connectivity index (χ3v) is 6.67. The maximum atomic E-state index is 12.0. The van der Waals surface area contributed by atoms with Crippen molar-refractivity contribution < 1.29 is 14.7 Å². The first-order chi connectivity index (χ1) is 12.5. The minimum Gasteiger partial charge on any atom is -0.478 e. The van der Waals surface area contributed by atoms with Gasteiger partial charge in [0.05, 0.1) is 5.56 Å². The maximum absolute atomic E-state index is 12.0. The van der Waals surface area contributed by atoms with Crippen LogP contribution < -0.4 is 0 Å². The number of Topliss-reactive ketones (excluding diaryl/α,β-unsaturated/α-hetero) is 1. The van der Waals surface area contributed by atoms with E-state index in [9.17, 15) is 14.7 Å². The molecule has 3 heteroatoms. The largest absolute Gasteiger partial charge is 0.478 e. The van der Waals surface area contributed by atoms with Crippen molar-refractivity contribution in [2.75, 3.05) is 0 Å². The van der Waals surface area contributed by atoms with Crippen LogP contribution >= 0.6 is 0 Å². The van der Waals surface area contributed by atoms with E-state index < -0.39 is 5.97 Å². The average molecular weight is 346 g/mol. The lowest BCUT2D eigenvalue weighted by Crippen LogP contribution is -2.22. The van der Waals surface area contributed by atoms with Crippen LogP contribution in [0.2, 0.25) is 0 Å². The summed E-state index contributed by atoms with van der Waals surface area (Å²) in [4.78, 5) is 23.7. The third kappa shape index (κ3) is 2.19. The zero-order chi connectivity index (χ0) is 18.1. The van der Waals surface area contributed by atoms with Crippen LogP contribution in [-0.4, -0.2) is 16.9 Å². The molecule has 3 nitrogen and oxygen atoms in total. The number of aryl methyl sites for hydroxylation is 1. The highest BCUT2D eigenvalue weighted by Gasteiger charge is 2.44. The van der Waals surface area contributed by atoms with E-state index in [-0.39, 0.29) is 11.2 Å². The second kappa shape index (κ2) is 5.29. The van der Waals surface area contributed by atoms with Gasteiger partial charge in [0.2, 0.25) is 0 Å². The smallest absolute Gasteiger partial charge is 0.336 e. The summed E-state index contributed by atoms with van der Waals surface area (Å²) in [5.41, 5.74) is 8.76. The number of carbonyl (C=O) groups is 2. The Kier molecular flexibility index (Phi) is 3.22. The molecule has 1 spiro atoms. The molecule has 0 saturated carbocycles. The molecule has 1 N–H and O–H groups in total. The molecular formula is C23H22O3. The summed E-state index contributed by atoms with van der Waals surface area (Å²) < 4.78 is 0. The van der Waals surface area contributed by atoms with Gasteiger partial charge in [-0.15, -0.1) is 0 Å². The highest BCUT2D eigenvalue weighted by molar-refractivity contribution is 5.94. The quantitative estimate of drug-likeness (QED) is 0.838. The van der Waals surface area contributed by atoms with Gasteiger partial charge >= 0.3 is 5.97 Å². The van der Waals surface area contributed by atoms with Crippen molar-refractivity contribution in [1.82, 2.24) is 0 Å². The van der Waals surface area contributed by atoms with E-state index in [1.807, 2.05) is 12.1 Å². The number of aromatic carboxylic acids is 1.